The lowest BCUT2D eigenvalue weighted by molar-refractivity contribution is 0.772. The predicted molar refractivity (Wildman–Crippen MR) is 68.8 cm³/mol. The summed E-state index contributed by atoms with van der Waals surface area (Å²) in [5.41, 5.74) is 5.39. The van der Waals surface area contributed by atoms with E-state index in [1.807, 2.05) is 13.2 Å². The number of nitrogens with one attached hydrogen (secondary N) is 2. The third kappa shape index (κ3) is 1.98. The number of fused-ring (bicyclic) bond motifs is 1. The van der Waals surface area contributed by atoms with Crippen molar-refractivity contribution in [3.63, 3.8) is 0 Å². The van der Waals surface area contributed by atoms with Crippen LogP contribution in [0.25, 0.3) is 11.3 Å². The molecule has 0 fully saturated rings. The molecule has 2 N–H and O–H groups in total. The molecule has 0 radical (unpaired) electrons. The van der Waals surface area contributed by atoms with Gasteiger partial charge >= 0.3 is 0 Å². The minimum atomic E-state index is 0.783. The number of aryl methyl sites for hydroxylation is 2. The van der Waals surface area contributed by atoms with E-state index in [9.17, 15) is 0 Å². The Bertz CT molecular complexity index is 528. The highest BCUT2D eigenvalue weighted by molar-refractivity contribution is 5.61. The third-order valence-electron chi connectivity index (χ3n) is 3.38. The molecule has 1 aromatic heterocycles. The Hall–Kier alpha value is -1.61. The molecule has 0 saturated heterocycles. The van der Waals surface area contributed by atoms with Gasteiger partial charge in [-0.05, 0) is 49.1 Å². The van der Waals surface area contributed by atoms with Gasteiger partial charge in [0.1, 0.15) is 5.82 Å². The van der Waals surface area contributed by atoms with Gasteiger partial charge < -0.3 is 10.3 Å². The summed E-state index contributed by atoms with van der Waals surface area (Å²) in [5, 5.41) is 3.10. The van der Waals surface area contributed by atoms with E-state index in [0.29, 0.717) is 0 Å². The third-order valence-corrected chi connectivity index (χ3v) is 3.38. The van der Waals surface area contributed by atoms with Gasteiger partial charge in [-0.2, -0.15) is 0 Å². The van der Waals surface area contributed by atoms with Crippen LogP contribution in [0.5, 0.6) is 0 Å². The van der Waals surface area contributed by atoms with Crippen molar-refractivity contribution in [3.05, 3.63) is 41.3 Å². The molecule has 1 aromatic carbocycles. The standard InChI is InChI=1S/C14H17N3/c1-15-9-14-16-8-13(17-14)12-6-5-10-3-2-4-11(10)7-12/h5-8,15H,2-4,9H2,1H3,(H,16,17). The molecular weight excluding hydrogens is 210 g/mol. The predicted octanol–water partition coefficient (Wildman–Crippen LogP) is 2.28. The molecule has 0 spiro atoms. The van der Waals surface area contributed by atoms with E-state index in [1.165, 1.54) is 36.0 Å². The topological polar surface area (TPSA) is 40.7 Å². The molecule has 2 aromatic rings. The summed E-state index contributed by atoms with van der Waals surface area (Å²) >= 11 is 0. The van der Waals surface area contributed by atoms with Gasteiger partial charge in [0.15, 0.2) is 0 Å². The molecule has 17 heavy (non-hydrogen) atoms. The van der Waals surface area contributed by atoms with Gasteiger partial charge in [0.2, 0.25) is 0 Å². The second-order valence-electron chi connectivity index (χ2n) is 4.61. The molecule has 0 aliphatic heterocycles. The summed E-state index contributed by atoms with van der Waals surface area (Å²) in [7, 11) is 1.93. The van der Waals surface area contributed by atoms with Crippen LogP contribution in [0.1, 0.15) is 23.4 Å². The lowest BCUT2D eigenvalue weighted by Gasteiger charge is -2.02. The lowest BCUT2D eigenvalue weighted by atomic mass is 10.1. The van der Waals surface area contributed by atoms with Crippen molar-refractivity contribution in [1.29, 1.82) is 0 Å². The molecule has 3 heteroatoms. The van der Waals surface area contributed by atoms with Crippen LogP contribution in [0.4, 0.5) is 0 Å². The maximum absolute atomic E-state index is 4.36. The fourth-order valence-electron chi connectivity index (χ4n) is 2.51. The first-order chi connectivity index (χ1) is 8.36. The van der Waals surface area contributed by atoms with Crippen LogP contribution in [0.3, 0.4) is 0 Å². The van der Waals surface area contributed by atoms with Gasteiger partial charge in [-0.15, -0.1) is 0 Å². The molecule has 1 aliphatic carbocycles. The molecular formula is C14H17N3. The van der Waals surface area contributed by atoms with Crippen LogP contribution in [0.15, 0.2) is 24.4 Å². The van der Waals surface area contributed by atoms with Crippen molar-refractivity contribution < 1.29 is 0 Å². The first-order valence-electron chi connectivity index (χ1n) is 6.17. The van der Waals surface area contributed by atoms with Gasteiger partial charge in [0.05, 0.1) is 18.4 Å². The van der Waals surface area contributed by atoms with Gasteiger partial charge in [-0.25, -0.2) is 4.98 Å². The molecule has 88 valence electrons. The fraction of sp³-hybridized carbons (Fsp3) is 0.357. The number of rotatable bonds is 3. The van der Waals surface area contributed by atoms with Crippen molar-refractivity contribution in [3.8, 4) is 11.3 Å². The quantitative estimate of drug-likeness (QED) is 0.844. The zero-order valence-electron chi connectivity index (χ0n) is 10.1. The Morgan fingerprint density at radius 1 is 1.29 bits per heavy atom. The maximum atomic E-state index is 4.36. The van der Waals surface area contributed by atoms with Crippen molar-refractivity contribution in [2.45, 2.75) is 25.8 Å². The SMILES string of the molecule is CNCc1ncc(-c2ccc3c(c2)CCC3)[nH]1. The number of imidazole rings is 1. The van der Waals surface area contributed by atoms with Crippen LogP contribution >= 0.6 is 0 Å². The summed E-state index contributed by atoms with van der Waals surface area (Å²) in [4.78, 5) is 7.71. The van der Waals surface area contributed by atoms with Gasteiger partial charge in [-0.3, -0.25) is 0 Å². The molecule has 0 saturated carbocycles. The van der Waals surface area contributed by atoms with Crippen molar-refractivity contribution >= 4 is 0 Å². The fourth-order valence-corrected chi connectivity index (χ4v) is 2.51. The van der Waals surface area contributed by atoms with Gasteiger partial charge in [0.25, 0.3) is 0 Å². The van der Waals surface area contributed by atoms with Gasteiger partial charge in [0, 0.05) is 0 Å². The van der Waals surface area contributed by atoms with Crippen LogP contribution in [0, 0.1) is 0 Å². The Balaban J connectivity index is 1.92. The summed E-state index contributed by atoms with van der Waals surface area (Å²) in [6, 6.07) is 6.76. The molecule has 0 bridgehead atoms. The zero-order chi connectivity index (χ0) is 11.7. The van der Waals surface area contributed by atoms with E-state index in [-0.39, 0.29) is 0 Å². The summed E-state index contributed by atoms with van der Waals surface area (Å²) in [6.07, 6.45) is 5.68. The average molecular weight is 227 g/mol. The lowest BCUT2D eigenvalue weighted by Crippen LogP contribution is -2.06. The van der Waals surface area contributed by atoms with Crippen LogP contribution in [-0.4, -0.2) is 17.0 Å². The van der Waals surface area contributed by atoms with E-state index in [2.05, 4.69) is 33.5 Å². The largest absolute Gasteiger partial charge is 0.341 e. The van der Waals surface area contributed by atoms with Crippen LogP contribution in [-0.2, 0) is 19.4 Å². The van der Waals surface area contributed by atoms with Crippen molar-refractivity contribution in [2.75, 3.05) is 7.05 Å². The summed E-state index contributed by atoms with van der Waals surface area (Å²) in [6.45, 7) is 0.783. The molecule has 1 heterocycles. The summed E-state index contributed by atoms with van der Waals surface area (Å²) < 4.78 is 0. The first kappa shape index (κ1) is 10.5. The van der Waals surface area contributed by atoms with E-state index < -0.39 is 0 Å². The molecule has 3 nitrogen and oxygen atoms in total. The van der Waals surface area contributed by atoms with Gasteiger partial charge in [-0.1, -0.05) is 12.1 Å². The Kier molecular flexibility index (Phi) is 2.69. The Morgan fingerprint density at radius 2 is 2.18 bits per heavy atom. The zero-order valence-corrected chi connectivity index (χ0v) is 10.1. The van der Waals surface area contributed by atoms with Crippen LogP contribution in [0.2, 0.25) is 0 Å². The minimum Gasteiger partial charge on any atom is -0.341 e. The first-order valence-corrected chi connectivity index (χ1v) is 6.17. The van der Waals surface area contributed by atoms with Crippen molar-refractivity contribution in [1.82, 2.24) is 15.3 Å². The normalized spacial score (nSPS) is 13.9. The minimum absolute atomic E-state index is 0.783. The number of nitrogens with zero attached hydrogens (tertiary/aromatic N) is 1. The molecule has 0 amide bonds. The number of aromatic nitrogens is 2. The molecule has 0 unspecified atom stereocenters. The second-order valence-corrected chi connectivity index (χ2v) is 4.61. The number of aromatic amines is 1. The molecule has 1 aliphatic rings. The van der Waals surface area contributed by atoms with E-state index in [1.54, 1.807) is 0 Å². The summed E-state index contributed by atoms with van der Waals surface area (Å²) in [5.74, 6) is 0.989. The van der Waals surface area contributed by atoms with E-state index >= 15 is 0 Å². The van der Waals surface area contributed by atoms with Crippen molar-refractivity contribution in [2.24, 2.45) is 0 Å². The smallest absolute Gasteiger partial charge is 0.120 e. The molecule has 0 atom stereocenters. The molecule has 3 rings (SSSR count). The highest BCUT2D eigenvalue weighted by Crippen LogP contribution is 2.27. The Labute approximate surface area is 101 Å². The highest BCUT2D eigenvalue weighted by Gasteiger charge is 2.12. The maximum Gasteiger partial charge on any atom is 0.120 e. The second kappa shape index (κ2) is 4.34. The number of hydrogen-bond donors (Lipinski definition) is 2. The Morgan fingerprint density at radius 3 is 3.06 bits per heavy atom. The van der Waals surface area contributed by atoms with E-state index in [4.69, 9.17) is 0 Å². The average Bonchev–Trinajstić information content (AvgIpc) is 2.96. The number of benzene rings is 1. The van der Waals surface area contributed by atoms with Crippen LogP contribution < -0.4 is 5.32 Å². The number of H-pyrrole nitrogens is 1. The monoisotopic (exact) mass is 227 g/mol. The number of hydrogen-bond acceptors (Lipinski definition) is 2. The van der Waals surface area contributed by atoms with E-state index in [0.717, 1.165) is 18.1 Å². The highest BCUT2D eigenvalue weighted by atomic mass is 15.0.